The van der Waals surface area contributed by atoms with E-state index in [1.165, 1.54) is 12.8 Å². The normalized spacial score (nSPS) is 13.3. The third-order valence-electron chi connectivity index (χ3n) is 2.52. The van der Waals surface area contributed by atoms with Crippen LogP contribution < -0.4 is 5.32 Å². The van der Waals surface area contributed by atoms with E-state index in [4.69, 9.17) is 16.3 Å². The van der Waals surface area contributed by atoms with Gasteiger partial charge >= 0.3 is 0 Å². The second-order valence-corrected chi connectivity index (χ2v) is 5.18. The van der Waals surface area contributed by atoms with Crippen LogP contribution in [0.4, 0.5) is 0 Å². The van der Waals surface area contributed by atoms with Gasteiger partial charge in [-0.1, -0.05) is 27.2 Å². The Morgan fingerprint density at radius 2 is 2.00 bits per heavy atom. The Balaban J connectivity index is 3.32. The van der Waals surface area contributed by atoms with Crippen molar-refractivity contribution in [2.45, 2.75) is 40.0 Å². The lowest BCUT2D eigenvalue weighted by atomic mass is 10.0. The average molecular weight is 250 g/mol. The van der Waals surface area contributed by atoms with Gasteiger partial charge in [0.1, 0.15) is 0 Å². The average Bonchev–Trinajstić information content (AvgIpc) is 2.23. The van der Waals surface area contributed by atoms with Gasteiger partial charge < -0.3 is 10.1 Å². The van der Waals surface area contributed by atoms with E-state index in [1.54, 1.807) is 0 Å². The van der Waals surface area contributed by atoms with E-state index < -0.39 is 0 Å². The van der Waals surface area contributed by atoms with E-state index >= 15 is 0 Å². The van der Waals surface area contributed by atoms with Crippen LogP contribution in [0, 0.1) is 11.8 Å². The van der Waals surface area contributed by atoms with Gasteiger partial charge in [0.2, 0.25) is 0 Å². The molecule has 1 N–H and O–H groups in total. The largest absolute Gasteiger partial charge is 0.380 e. The zero-order valence-electron chi connectivity index (χ0n) is 11.1. The second-order valence-electron chi connectivity index (χ2n) is 4.81. The molecule has 0 heterocycles. The third kappa shape index (κ3) is 10.7. The molecule has 0 aromatic heterocycles. The molecule has 0 rings (SSSR count). The van der Waals surface area contributed by atoms with Gasteiger partial charge in [0.25, 0.3) is 0 Å². The van der Waals surface area contributed by atoms with Crippen LogP contribution in [-0.2, 0) is 4.74 Å². The van der Waals surface area contributed by atoms with E-state index in [-0.39, 0.29) is 0 Å². The zero-order valence-corrected chi connectivity index (χ0v) is 11.9. The molecule has 0 saturated carbocycles. The predicted octanol–water partition coefficient (Wildman–Crippen LogP) is 3.29. The van der Waals surface area contributed by atoms with E-state index in [1.807, 2.05) is 0 Å². The quantitative estimate of drug-likeness (QED) is 0.448. The topological polar surface area (TPSA) is 21.3 Å². The molecule has 0 aliphatic carbocycles. The fourth-order valence-corrected chi connectivity index (χ4v) is 1.99. The van der Waals surface area contributed by atoms with Crippen LogP contribution >= 0.6 is 11.6 Å². The number of halogens is 1. The highest BCUT2D eigenvalue weighted by Crippen LogP contribution is 2.10. The molecule has 0 spiro atoms. The lowest BCUT2D eigenvalue weighted by molar-refractivity contribution is 0.111. The van der Waals surface area contributed by atoms with E-state index in [2.05, 4.69) is 26.1 Å². The molecule has 1 unspecified atom stereocenters. The first-order chi connectivity index (χ1) is 7.70. The summed E-state index contributed by atoms with van der Waals surface area (Å²) in [5, 5.41) is 3.45. The highest BCUT2D eigenvalue weighted by Gasteiger charge is 2.05. The summed E-state index contributed by atoms with van der Waals surface area (Å²) in [6.07, 6.45) is 3.63. The van der Waals surface area contributed by atoms with Crippen molar-refractivity contribution in [3.8, 4) is 0 Å². The number of alkyl halides is 1. The maximum atomic E-state index is 5.78. The first kappa shape index (κ1) is 16.2. The molecule has 0 aliphatic heterocycles. The van der Waals surface area contributed by atoms with Gasteiger partial charge in [0.15, 0.2) is 0 Å². The fraction of sp³-hybridized carbons (Fsp3) is 1.00. The summed E-state index contributed by atoms with van der Waals surface area (Å²) in [6, 6.07) is 0. The summed E-state index contributed by atoms with van der Waals surface area (Å²) in [6.45, 7) is 10.3. The molecule has 0 aliphatic rings. The summed E-state index contributed by atoms with van der Waals surface area (Å²) < 4.78 is 5.51. The van der Waals surface area contributed by atoms with Crippen molar-refractivity contribution in [2.24, 2.45) is 11.8 Å². The molecule has 16 heavy (non-hydrogen) atoms. The zero-order chi connectivity index (χ0) is 12.2. The van der Waals surface area contributed by atoms with E-state index in [0.29, 0.717) is 5.92 Å². The Kier molecular flexibility index (Phi) is 11.8. The van der Waals surface area contributed by atoms with Crippen molar-refractivity contribution in [2.75, 3.05) is 32.2 Å². The molecule has 0 fully saturated rings. The van der Waals surface area contributed by atoms with Gasteiger partial charge in [-0.15, -0.1) is 11.6 Å². The molecule has 0 aromatic carbocycles. The van der Waals surface area contributed by atoms with Crippen LogP contribution in [0.25, 0.3) is 0 Å². The highest BCUT2D eigenvalue weighted by molar-refractivity contribution is 6.17. The lowest BCUT2D eigenvalue weighted by Gasteiger charge is -2.15. The standard InChI is InChI=1S/C13H28ClNO/c1-4-5-13(6-7-14)10-15-8-9-16-11-12(2)3/h12-13,15H,4-11H2,1-3H3. The summed E-state index contributed by atoms with van der Waals surface area (Å²) in [5.41, 5.74) is 0. The molecular formula is C13H28ClNO. The number of ether oxygens (including phenoxy) is 1. The van der Waals surface area contributed by atoms with Gasteiger partial charge in [0.05, 0.1) is 6.61 Å². The van der Waals surface area contributed by atoms with Crippen molar-refractivity contribution >= 4 is 11.6 Å². The smallest absolute Gasteiger partial charge is 0.0591 e. The summed E-state index contributed by atoms with van der Waals surface area (Å²) in [4.78, 5) is 0. The minimum absolute atomic E-state index is 0.629. The van der Waals surface area contributed by atoms with E-state index in [0.717, 1.165) is 44.5 Å². The predicted molar refractivity (Wildman–Crippen MR) is 72.3 cm³/mol. The molecule has 0 amide bonds. The highest BCUT2D eigenvalue weighted by atomic mass is 35.5. The second kappa shape index (κ2) is 11.7. The van der Waals surface area contributed by atoms with Gasteiger partial charge in [-0.05, 0) is 31.2 Å². The van der Waals surface area contributed by atoms with Gasteiger partial charge in [-0.2, -0.15) is 0 Å². The Bertz CT molecular complexity index is 136. The van der Waals surface area contributed by atoms with Crippen molar-refractivity contribution < 1.29 is 4.74 Å². The fourth-order valence-electron chi connectivity index (χ4n) is 1.68. The van der Waals surface area contributed by atoms with Gasteiger partial charge in [0, 0.05) is 19.0 Å². The van der Waals surface area contributed by atoms with E-state index in [9.17, 15) is 0 Å². The van der Waals surface area contributed by atoms with Crippen molar-refractivity contribution in [1.29, 1.82) is 0 Å². The van der Waals surface area contributed by atoms with Gasteiger partial charge in [-0.25, -0.2) is 0 Å². The van der Waals surface area contributed by atoms with Gasteiger partial charge in [-0.3, -0.25) is 0 Å². The molecule has 98 valence electrons. The van der Waals surface area contributed by atoms with Crippen LogP contribution in [0.5, 0.6) is 0 Å². The Morgan fingerprint density at radius 3 is 2.56 bits per heavy atom. The molecular weight excluding hydrogens is 222 g/mol. The van der Waals surface area contributed by atoms with Crippen LogP contribution in [-0.4, -0.2) is 32.2 Å². The maximum absolute atomic E-state index is 5.78. The first-order valence-corrected chi connectivity index (χ1v) is 7.08. The molecule has 0 saturated heterocycles. The SMILES string of the molecule is CCCC(CCCl)CNCCOCC(C)C. The monoisotopic (exact) mass is 249 g/mol. The van der Waals surface area contributed by atoms with Crippen molar-refractivity contribution in [3.63, 3.8) is 0 Å². The molecule has 2 nitrogen and oxygen atoms in total. The number of hydrogen-bond donors (Lipinski definition) is 1. The summed E-state index contributed by atoms with van der Waals surface area (Å²) >= 11 is 5.78. The van der Waals surface area contributed by atoms with Crippen LogP contribution in [0.1, 0.15) is 40.0 Å². The molecule has 1 atom stereocenters. The van der Waals surface area contributed by atoms with Crippen LogP contribution in [0.2, 0.25) is 0 Å². The van der Waals surface area contributed by atoms with Crippen molar-refractivity contribution in [3.05, 3.63) is 0 Å². The number of rotatable bonds is 11. The minimum atomic E-state index is 0.629. The molecule has 0 bridgehead atoms. The maximum Gasteiger partial charge on any atom is 0.0591 e. The first-order valence-electron chi connectivity index (χ1n) is 6.55. The van der Waals surface area contributed by atoms with Crippen LogP contribution in [0.3, 0.4) is 0 Å². The Morgan fingerprint density at radius 1 is 1.25 bits per heavy atom. The Hall–Kier alpha value is 0.210. The number of nitrogens with one attached hydrogen (secondary N) is 1. The van der Waals surface area contributed by atoms with Crippen molar-refractivity contribution in [1.82, 2.24) is 5.32 Å². The minimum Gasteiger partial charge on any atom is -0.380 e. The van der Waals surface area contributed by atoms with Crippen LogP contribution in [0.15, 0.2) is 0 Å². The molecule has 0 radical (unpaired) electrons. The molecule has 0 aromatic rings. The summed E-state index contributed by atoms with van der Waals surface area (Å²) in [7, 11) is 0. The summed E-state index contributed by atoms with van der Waals surface area (Å²) in [5.74, 6) is 2.13. The Labute approximate surface area is 106 Å². The molecule has 3 heteroatoms. The number of hydrogen-bond acceptors (Lipinski definition) is 2. The lowest BCUT2D eigenvalue weighted by Crippen LogP contribution is -2.27. The third-order valence-corrected chi connectivity index (χ3v) is 2.74.